The molecule has 6 nitrogen and oxygen atoms in total. The van der Waals surface area contributed by atoms with E-state index >= 15 is 0 Å². The molecule has 3 N–H and O–H groups in total. The molecule has 2 atom stereocenters. The Bertz CT molecular complexity index is 384. The van der Waals surface area contributed by atoms with Gasteiger partial charge in [-0.3, -0.25) is 14.4 Å². The largest absolute Gasteiger partial charge is 0.481 e. The van der Waals surface area contributed by atoms with Crippen LogP contribution in [0.15, 0.2) is 0 Å². The van der Waals surface area contributed by atoms with Gasteiger partial charge in [0.15, 0.2) is 0 Å². The van der Waals surface area contributed by atoms with Crippen LogP contribution in [0, 0.1) is 5.92 Å². The van der Waals surface area contributed by atoms with E-state index in [1.54, 1.807) is 0 Å². The van der Waals surface area contributed by atoms with Crippen molar-refractivity contribution in [1.82, 2.24) is 10.6 Å². The summed E-state index contributed by atoms with van der Waals surface area (Å²) in [4.78, 5) is 34.7. The van der Waals surface area contributed by atoms with Crippen molar-refractivity contribution in [3.63, 3.8) is 0 Å². The number of amides is 2. The normalized spacial score (nSPS) is 22.2. The Morgan fingerprint density at radius 2 is 1.64 bits per heavy atom. The van der Waals surface area contributed by atoms with Crippen LogP contribution >= 0.6 is 0 Å². The van der Waals surface area contributed by atoms with Crippen LogP contribution in [0.2, 0.25) is 0 Å². The van der Waals surface area contributed by atoms with Gasteiger partial charge in [-0.2, -0.15) is 0 Å². The third-order valence-electron chi connectivity index (χ3n) is 4.11. The number of carbonyl (C=O) groups excluding carboxylic acids is 2. The van der Waals surface area contributed by atoms with Gasteiger partial charge in [-0.1, -0.05) is 25.7 Å². The standard InChI is InChI=1S/C16H28N2O4/c1-2-17-14(19)10-7-11-15(20)18-13-9-6-4-3-5-8-12(13)16(21)22/h12-13H,2-11H2,1H3,(H,17,19)(H,18,20)(H,21,22). The van der Waals surface area contributed by atoms with E-state index in [2.05, 4.69) is 10.6 Å². The summed E-state index contributed by atoms with van der Waals surface area (Å²) in [6.45, 7) is 2.44. The molecular weight excluding hydrogens is 284 g/mol. The van der Waals surface area contributed by atoms with E-state index in [9.17, 15) is 19.5 Å². The highest BCUT2D eigenvalue weighted by Crippen LogP contribution is 2.23. The van der Waals surface area contributed by atoms with E-state index in [-0.39, 0.29) is 24.3 Å². The number of carboxylic acid groups (broad SMARTS) is 1. The fraction of sp³-hybridized carbons (Fsp3) is 0.812. The summed E-state index contributed by atoms with van der Waals surface area (Å²) in [6, 6.07) is -0.283. The number of carbonyl (C=O) groups is 3. The molecule has 6 heteroatoms. The first kappa shape index (κ1) is 18.5. The second-order valence-electron chi connectivity index (χ2n) is 5.92. The summed E-state index contributed by atoms with van der Waals surface area (Å²) in [7, 11) is 0. The molecule has 22 heavy (non-hydrogen) atoms. The maximum atomic E-state index is 12.0. The zero-order valence-corrected chi connectivity index (χ0v) is 13.4. The Morgan fingerprint density at radius 3 is 2.27 bits per heavy atom. The first-order valence-electron chi connectivity index (χ1n) is 8.33. The smallest absolute Gasteiger partial charge is 0.308 e. The topological polar surface area (TPSA) is 95.5 Å². The molecule has 1 rings (SSSR count). The molecule has 2 unspecified atom stereocenters. The molecule has 0 radical (unpaired) electrons. The monoisotopic (exact) mass is 312 g/mol. The predicted octanol–water partition coefficient (Wildman–Crippen LogP) is 1.83. The number of hydrogen-bond acceptors (Lipinski definition) is 3. The fourth-order valence-corrected chi connectivity index (χ4v) is 2.93. The number of nitrogens with one attached hydrogen (secondary N) is 2. The van der Waals surface area contributed by atoms with E-state index in [0.29, 0.717) is 25.8 Å². The summed E-state index contributed by atoms with van der Waals surface area (Å²) in [5, 5.41) is 14.9. The van der Waals surface area contributed by atoms with E-state index in [4.69, 9.17) is 0 Å². The first-order chi connectivity index (χ1) is 10.5. The molecule has 0 saturated heterocycles. The molecule has 2 amide bonds. The minimum atomic E-state index is -0.825. The first-order valence-corrected chi connectivity index (χ1v) is 8.33. The van der Waals surface area contributed by atoms with Gasteiger partial charge < -0.3 is 15.7 Å². The van der Waals surface area contributed by atoms with Gasteiger partial charge in [-0.25, -0.2) is 0 Å². The Labute approximate surface area is 132 Å². The summed E-state index contributed by atoms with van der Waals surface area (Å²) in [5.41, 5.74) is 0. The number of hydrogen-bond donors (Lipinski definition) is 3. The van der Waals surface area contributed by atoms with Crippen molar-refractivity contribution in [2.24, 2.45) is 5.92 Å². The van der Waals surface area contributed by atoms with E-state index in [0.717, 1.165) is 32.1 Å². The molecule has 1 aliphatic rings. The second-order valence-corrected chi connectivity index (χ2v) is 5.92. The molecular formula is C16H28N2O4. The average Bonchev–Trinajstić information content (AvgIpc) is 2.41. The van der Waals surface area contributed by atoms with Gasteiger partial charge in [0.2, 0.25) is 11.8 Å². The second kappa shape index (κ2) is 10.2. The van der Waals surface area contributed by atoms with Gasteiger partial charge in [0.25, 0.3) is 0 Å². The quantitative estimate of drug-likeness (QED) is 0.668. The third-order valence-corrected chi connectivity index (χ3v) is 4.11. The van der Waals surface area contributed by atoms with Gasteiger partial charge in [-0.05, 0) is 26.2 Å². The van der Waals surface area contributed by atoms with Crippen LogP contribution < -0.4 is 10.6 Å². The molecule has 1 saturated carbocycles. The molecule has 1 fully saturated rings. The van der Waals surface area contributed by atoms with E-state index in [1.165, 1.54) is 0 Å². The van der Waals surface area contributed by atoms with Gasteiger partial charge in [-0.15, -0.1) is 0 Å². The fourth-order valence-electron chi connectivity index (χ4n) is 2.93. The minimum Gasteiger partial charge on any atom is -0.481 e. The van der Waals surface area contributed by atoms with Crippen LogP contribution in [0.1, 0.15) is 64.7 Å². The van der Waals surface area contributed by atoms with Crippen molar-refractivity contribution in [2.75, 3.05) is 6.54 Å². The van der Waals surface area contributed by atoms with Gasteiger partial charge in [0, 0.05) is 25.4 Å². The molecule has 0 bridgehead atoms. The summed E-state index contributed by atoms with van der Waals surface area (Å²) < 4.78 is 0. The SMILES string of the molecule is CCNC(=O)CCCC(=O)NC1CCCCCCC1C(=O)O. The van der Waals surface area contributed by atoms with Gasteiger partial charge >= 0.3 is 5.97 Å². The highest BCUT2D eigenvalue weighted by molar-refractivity contribution is 5.79. The van der Waals surface area contributed by atoms with Crippen molar-refractivity contribution >= 4 is 17.8 Å². The molecule has 1 aliphatic carbocycles. The Kier molecular flexibility index (Phi) is 8.55. The van der Waals surface area contributed by atoms with Crippen LogP contribution in [0.5, 0.6) is 0 Å². The lowest BCUT2D eigenvalue weighted by molar-refractivity contribution is -0.143. The van der Waals surface area contributed by atoms with Crippen LogP contribution in [0.4, 0.5) is 0 Å². The van der Waals surface area contributed by atoms with Crippen LogP contribution in [-0.4, -0.2) is 35.5 Å². The minimum absolute atomic E-state index is 0.0512. The summed E-state index contributed by atoms with van der Waals surface area (Å²) in [5.74, 6) is -1.52. The molecule has 0 spiro atoms. The summed E-state index contributed by atoms with van der Waals surface area (Å²) >= 11 is 0. The maximum absolute atomic E-state index is 12.0. The van der Waals surface area contributed by atoms with Gasteiger partial charge in [0.1, 0.15) is 0 Å². The molecule has 0 aromatic carbocycles. The number of carboxylic acids is 1. The number of rotatable bonds is 7. The Balaban J connectivity index is 2.41. The van der Waals surface area contributed by atoms with Crippen molar-refractivity contribution in [1.29, 1.82) is 0 Å². The van der Waals surface area contributed by atoms with E-state index in [1.807, 2.05) is 6.92 Å². The Morgan fingerprint density at radius 1 is 1.00 bits per heavy atom. The lowest BCUT2D eigenvalue weighted by atomic mass is 9.86. The highest BCUT2D eigenvalue weighted by atomic mass is 16.4. The maximum Gasteiger partial charge on any atom is 0.308 e. The van der Waals surface area contributed by atoms with Gasteiger partial charge in [0.05, 0.1) is 5.92 Å². The average molecular weight is 312 g/mol. The zero-order valence-electron chi connectivity index (χ0n) is 13.4. The van der Waals surface area contributed by atoms with Crippen LogP contribution in [0.25, 0.3) is 0 Å². The van der Waals surface area contributed by atoms with E-state index < -0.39 is 11.9 Å². The molecule has 126 valence electrons. The Hall–Kier alpha value is -1.59. The molecule has 0 aromatic rings. The van der Waals surface area contributed by atoms with Crippen LogP contribution in [-0.2, 0) is 14.4 Å². The van der Waals surface area contributed by atoms with Crippen molar-refractivity contribution in [3.8, 4) is 0 Å². The zero-order chi connectivity index (χ0) is 16.4. The number of aliphatic carboxylic acids is 1. The third kappa shape index (κ3) is 6.91. The highest BCUT2D eigenvalue weighted by Gasteiger charge is 2.29. The van der Waals surface area contributed by atoms with Crippen LogP contribution in [0.3, 0.4) is 0 Å². The molecule has 0 aliphatic heterocycles. The lowest BCUT2D eigenvalue weighted by Gasteiger charge is -2.27. The molecule has 0 aromatic heterocycles. The summed E-state index contributed by atoms with van der Waals surface area (Å²) in [6.07, 6.45) is 6.44. The van der Waals surface area contributed by atoms with Crippen molar-refractivity contribution in [2.45, 2.75) is 70.8 Å². The predicted molar refractivity (Wildman–Crippen MR) is 83.3 cm³/mol. The molecule has 0 heterocycles. The lowest BCUT2D eigenvalue weighted by Crippen LogP contribution is -2.43. The van der Waals surface area contributed by atoms with Crippen molar-refractivity contribution < 1.29 is 19.5 Å². The van der Waals surface area contributed by atoms with Crippen molar-refractivity contribution in [3.05, 3.63) is 0 Å².